The second-order valence-electron chi connectivity index (χ2n) is 6.36. The lowest BCUT2D eigenvalue weighted by molar-refractivity contribution is 0.258. The Morgan fingerprint density at radius 1 is 1.22 bits per heavy atom. The monoisotopic (exact) mass is 243 g/mol. The maximum atomic E-state index is 3.55. The van der Waals surface area contributed by atoms with Gasteiger partial charge in [-0.2, -0.15) is 0 Å². The molecule has 0 spiro atoms. The van der Waals surface area contributed by atoms with Crippen LogP contribution in [-0.2, 0) is 12.8 Å². The predicted molar refractivity (Wildman–Crippen MR) is 76.7 cm³/mol. The lowest BCUT2D eigenvalue weighted by Crippen LogP contribution is -2.31. The van der Waals surface area contributed by atoms with Crippen molar-refractivity contribution in [2.75, 3.05) is 13.1 Å². The Morgan fingerprint density at radius 3 is 2.56 bits per heavy atom. The van der Waals surface area contributed by atoms with Crippen LogP contribution in [0.3, 0.4) is 0 Å². The number of fused-ring (bicyclic) bond motifs is 1. The molecule has 98 valence electrons. The summed E-state index contributed by atoms with van der Waals surface area (Å²) in [6, 6.07) is 9.03. The minimum absolute atomic E-state index is 0.877. The maximum Gasteiger partial charge on any atom is -0.00204 e. The normalized spacial score (nSPS) is 25.9. The van der Waals surface area contributed by atoms with Crippen molar-refractivity contribution in [1.82, 2.24) is 5.32 Å². The fraction of sp³-hybridized carbons (Fsp3) is 0.647. The van der Waals surface area contributed by atoms with Crippen LogP contribution in [0.25, 0.3) is 0 Å². The molecule has 0 bridgehead atoms. The summed E-state index contributed by atoms with van der Waals surface area (Å²) in [5, 5.41) is 3.55. The van der Waals surface area contributed by atoms with Crippen LogP contribution in [0.2, 0.25) is 0 Å². The summed E-state index contributed by atoms with van der Waals surface area (Å²) in [6.45, 7) is 4.97. The van der Waals surface area contributed by atoms with Gasteiger partial charge in [-0.05, 0) is 74.1 Å². The summed E-state index contributed by atoms with van der Waals surface area (Å²) in [5.41, 5.74) is 3.22. The van der Waals surface area contributed by atoms with E-state index in [9.17, 15) is 0 Å². The summed E-state index contributed by atoms with van der Waals surface area (Å²) >= 11 is 0. The van der Waals surface area contributed by atoms with Crippen molar-refractivity contribution in [3.8, 4) is 0 Å². The molecule has 1 aliphatic heterocycles. The Kier molecular flexibility index (Phi) is 3.69. The van der Waals surface area contributed by atoms with E-state index < -0.39 is 0 Å². The average Bonchev–Trinajstić information content (AvgIpc) is 2.84. The maximum absolute atomic E-state index is 3.55. The molecular weight excluding hydrogens is 218 g/mol. The molecule has 0 aromatic heterocycles. The van der Waals surface area contributed by atoms with Crippen molar-refractivity contribution in [1.29, 1.82) is 0 Å². The highest BCUT2D eigenvalue weighted by molar-refractivity contribution is 5.32. The summed E-state index contributed by atoms with van der Waals surface area (Å²) in [7, 11) is 0. The van der Waals surface area contributed by atoms with E-state index in [0.717, 1.165) is 17.8 Å². The zero-order valence-corrected chi connectivity index (χ0v) is 11.5. The smallest absolute Gasteiger partial charge is 0.00204 e. The van der Waals surface area contributed by atoms with Crippen LogP contribution in [-0.4, -0.2) is 13.1 Å². The molecule has 1 aliphatic carbocycles. The average molecular weight is 243 g/mol. The Labute approximate surface area is 111 Å². The van der Waals surface area contributed by atoms with Crippen molar-refractivity contribution in [3.05, 3.63) is 35.4 Å². The molecule has 2 atom stereocenters. The standard InChI is InChI=1S/C17H25N/c1-13(9-14-5-4-8-18-12-14)17-10-15-6-2-3-7-16(15)11-17/h2-3,6-7,13-14,17-18H,4-5,8-12H2,1H3. The van der Waals surface area contributed by atoms with Crippen molar-refractivity contribution >= 4 is 0 Å². The molecule has 0 amide bonds. The van der Waals surface area contributed by atoms with Crippen molar-refractivity contribution < 1.29 is 0 Å². The van der Waals surface area contributed by atoms with Gasteiger partial charge in [0.15, 0.2) is 0 Å². The van der Waals surface area contributed by atoms with Crippen LogP contribution < -0.4 is 5.32 Å². The van der Waals surface area contributed by atoms with Crippen LogP contribution in [0, 0.1) is 17.8 Å². The molecule has 2 unspecified atom stereocenters. The minimum Gasteiger partial charge on any atom is -0.316 e. The van der Waals surface area contributed by atoms with E-state index in [1.165, 1.54) is 45.2 Å². The van der Waals surface area contributed by atoms with Gasteiger partial charge in [0.25, 0.3) is 0 Å². The van der Waals surface area contributed by atoms with Gasteiger partial charge in [0.2, 0.25) is 0 Å². The van der Waals surface area contributed by atoms with Crippen LogP contribution in [0.5, 0.6) is 0 Å². The molecule has 0 saturated carbocycles. The number of hydrogen-bond donors (Lipinski definition) is 1. The first kappa shape index (κ1) is 12.2. The quantitative estimate of drug-likeness (QED) is 0.857. The highest BCUT2D eigenvalue weighted by Gasteiger charge is 2.27. The fourth-order valence-corrected chi connectivity index (χ4v) is 3.84. The van der Waals surface area contributed by atoms with E-state index in [1.807, 2.05) is 0 Å². The van der Waals surface area contributed by atoms with Crippen molar-refractivity contribution in [3.63, 3.8) is 0 Å². The van der Waals surface area contributed by atoms with Gasteiger partial charge in [-0.25, -0.2) is 0 Å². The molecule has 1 heterocycles. The van der Waals surface area contributed by atoms with Gasteiger partial charge in [0.1, 0.15) is 0 Å². The lowest BCUT2D eigenvalue weighted by Gasteiger charge is -2.28. The molecule has 0 radical (unpaired) electrons. The van der Waals surface area contributed by atoms with Crippen molar-refractivity contribution in [2.45, 2.75) is 39.0 Å². The molecule has 1 N–H and O–H groups in total. The van der Waals surface area contributed by atoms with E-state index in [2.05, 4.69) is 36.5 Å². The molecule has 1 aromatic rings. The highest BCUT2D eigenvalue weighted by atomic mass is 14.9. The molecule has 1 fully saturated rings. The first-order chi connectivity index (χ1) is 8.83. The summed E-state index contributed by atoms with van der Waals surface area (Å²) in [4.78, 5) is 0. The Bertz CT molecular complexity index is 367. The Morgan fingerprint density at radius 2 is 1.94 bits per heavy atom. The second-order valence-corrected chi connectivity index (χ2v) is 6.36. The SMILES string of the molecule is CC(CC1CCCNC1)C1Cc2ccccc2C1. The largest absolute Gasteiger partial charge is 0.316 e. The van der Waals surface area contributed by atoms with E-state index in [0.29, 0.717) is 0 Å². The Hall–Kier alpha value is -0.820. The second kappa shape index (κ2) is 5.44. The summed E-state index contributed by atoms with van der Waals surface area (Å²) < 4.78 is 0. The van der Waals surface area contributed by atoms with Crippen molar-refractivity contribution in [2.24, 2.45) is 17.8 Å². The van der Waals surface area contributed by atoms with E-state index >= 15 is 0 Å². The molecule has 1 nitrogen and oxygen atoms in total. The number of hydrogen-bond acceptors (Lipinski definition) is 1. The Balaban J connectivity index is 1.56. The number of benzene rings is 1. The third-order valence-electron chi connectivity index (χ3n) is 4.99. The molecular formula is C17H25N. The number of nitrogens with one attached hydrogen (secondary N) is 1. The minimum atomic E-state index is 0.877. The van der Waals surface area contributed by atoms with Gasteiger partial charge in [0.05, 0.1) is 0 Å². The molecule has 1 heteroatoms. The van der Waals surface area contributed by atoms with Gasteiger partial charge in [0, 0.05) is 0 Å². The third kappa shape index (κ3) is 2.61. The number of rotatable bonds is 3. The van der Waals surface area contributed by atoms with Crippen LogP contribution >= 0.6 is 0 Å². The first-order valence-corrected chi connectivity index (χ1v) is 7.60. The lowest BCUT2D eigenvalue weighted by atomic mass is 9.82. The summed E-state index contributed by atoms with van der Waals surface area (Å²) in [5.74, 6) is 2.70. The first-order valence-electron chi connectivity index (χ1n) is 7.60. The zero-order valence-electron chi connectivity index (χ0n) is 11.5. The topological polar surface area (TPSA) is 12.0 Å². The van der Waals surface area contributed by atoms with Gasteiger partial charge in [-0.15, -0.1) is 0 Å². The van der Waals surface area contributed by atoms with Gasteiger partial charge in [-0.3, -0.25) is 0 Å². The molecule has 3 rings (SSSR count). The fourth-order valence-electron chi connectivity index (χ4n) is 3.84. The summed E-state index contributed by atoms with van der Waals surface area (Å²) in [6.07, 6.45) is 6.87. The highest BCUT2D eigenvalue weighted by Crippen LogP contribution is 2.34. The zero-order chi connectivity index (χ0) is 12.4. The van der Waals surface area contributed by atoms with Gasteiger partial charge in [-0.1, -0.05) is 31.2 Å². The van der Waals surface area contributed by atoms with Crippen LogP contribution in [0.4, 0.5) is 0 Å². The van der Waals surface area contributed by atoms with Crippen LogP contribution in [0.15, 0.2) is 24.3 Å². The number of piperidine rings is 1. The molecule has 18 heavy (non-hydrogen) atoms. The van der Waals surface area contributed by atoms with Gasteiger partial charge < -0.3 is 5.32 Å². The van der Waals surface area contributed by atoms with E-state index in [1.54, 1.807) is 11.1 Å². The molecule has 1 saturated heterocycles. The van der Waals surface area contributed by atoms with E-state index in [4.69, 9.17) is 0 Å². The molecule has 2 aliphatic rings. The van der Waals surface area contributed by atoms with Gasteiger partial charge >= 0.3 is 0 Å². The third-order valence-corrected chi connectivity index (χ3v) is 4.99. The van der Waals surface area contributed by atoms with Crippen LogP contribution in [0.1, 0.15) is 37.3 Å². The predicted octanol–water partition coefficient (Wildman–Crippen LogP) is 3.43. The molecule has 1 aromatic carbocycles. The van der Waals surface area contributed by atoms with E-state index in [-0.39, 0.29) is 0 Å².